The second-order valence-electron chi connectivity index (χ2n) is 9.45. The van der Waals surface area contributed by atoms with E-state index in [1.807, 2.05) is 0 Å². The lowest BCUT2D eigenvalue weighted by atomic mass is 9.69. The van der Waals surface area contributed by atoms with Crippen molar-refractivity contribution in [3.8, 4) is 0 Å². The van der Waals surface area contributed by atoms with Crippen LogP contribution in [-0.2, 0) is 0 Å². The highest BCUT2D eigenvalue weighted by atomic mass is 16.3. The zero-order chi connectivity index (χ0) is 19.2. The third-order valence-electron chi connectivity index (χ3n) is 7.29. The summed E-state index contributed by atoms with van der Waals surface area (Å²) >= 11 is 0. The summed E-state index contributed by atoms with van der Waals surface area (Å²) in [6.07, 6.45) is 29.1. The minimum Gasteiger partial charge on any atom is -0.396 e. The summed E-state index contributed by atoms with van der Waals surface area (Å²) in [5, 5.41) is 17.7. The normalized spacial score (nSPS) is 22.7. The minimum absolute atomic E-state index is 0.362. The van der Waals surface area contributed by atoms with Gasteiger partial charge in [-0.05, 0) is 55.8 Å². The second-order valence-corrected chi connectivity index (χ2v) is 9.45. The monoisotopic (exact) mass is 378 g/mol. The molecule has 0 aliphatic heterocycles. The van der Waals surface area contributed by atoms with Gasteiger partial charge in [-0.3, -0.25) is 0 Å². The molecule has 0 saturated heterocycles. The zero-order valence-corrected chi connectivity index (χ0v) is 17.8. The molecule has 1 fully saturated rings. The maximum Gasteiger partial charge on any atom is 0.0431 e. The fourth-order valence-electron chi connectivity index (χ4n) is 5.70. The first kappa shape index (κ1) is 22.9. The third-order valence-corrected chi connectivity index (χ3v) is 7.29. The van der Waals surface area contributed by atoms with E-state index in [0.29, 0.717) is 18.6 Å². The van der Waals surface area contributed by atoms with Crippen molar-refractivity contribution in [3.63, 3.8) is 0 Å². The number of hydrogen-bond acceptors (Lipinski definition) is 2. The van der Waals surface area contributed by atoms with E-state index in [-0.39, 0.29) is 0 Å². The zero-order valence-electron chi connectivity index (χ0n) is 17.8. The van der Waals surface area contributed by atoms with Crippen molar-refractivity contribution in [2.24, 2.45) is 17.3 Å². The van der Waals surface area contributed by atoms with Gasteiger partial charge in [0, 0.05) is 13.2 Å². The largest absolute Gasteiger partial charge is 0.396 e. The first-order valence-electron chi connectivity index (χ1n) is 12.2. The fourth-order valence-corrected chi connectivity index (χ4v) is 5.70. The van der Waals surface area contributed by atoms with E-state index in [1.165, 1.54) is 103 Å². The molecule has 27 heavy (non-hydrogen) atoms. The van der Waals surface area contributed by atoms with Crippen LogP contribution in [0.4, 0.5) is 0 Å². The van der Waals surface area contributed by atoms with Crippen LogP contribution < -0.4 is 0 Å². The summed E-state index contributed by atoms with van der Waals surface area (Å²) in [5.74, 6) is 1.78. The summed E-state index contributed by atoms with van der Waals surface area (Å²) < 4.78 is 0. The highest BCUT2D eigenvalue weighted by Crippen LogP contribution is 2.57. The first-order chi connectivity index (χ1) is 13.3. The highest BCUT2D eigenvalue weighted by molar-refractivity contribution is 5.15. The Morgan fingerprint density at radius 1 is 0.593 bits per heavy atom. The molecule has 2 N–H and O–H groups in total. The molecule has 2 aliphatic rings. The van der Waals surface area contributed by atoms with Crippen LogP contribution in [0.25, 0.3) is 0 Å². The number of rotatable bonds is 18. The van der Waals surface area contributed by atoms with Crippen molar-refractivity contribution < 1.29 is 10.2 Å². The highest BCUT2D eigenvalue weighted by Gasteiger charge is 2.46. The topological polar surface area (TPSA) is 40.5 Å². The molecule has 2 unspecified atom stereocenters. The van der Waals surface area contributed by atoms with Gasteiger partial charge in [-0.1, -0.05) is 89.2 Å². The molecule has 2 atom stereocenters. The average molecular weight is 379 g/mol. The Kier molecular flexibility index (Phi) is 11.7. The van der Waals surface area contributed by atoms with Crippen LogP contribution in [0.3, 0.4) is 0 Å². The molecule has 0 spiro atoms. The quantitative estimate of drug-likeness (QED) is 0.203. The number of unbranched alkanes of at least 4 members (excludes halogenated alkanes) is 12. The summed E-state index contributed by atoms with van der Waals surface area (Å²) in [5.41, 5.74) is 0.646. The Balaban J connectivity index is 1.59. The fraction of sp³-hybridized carbons (Fsp3) is 0.920. The molecule has 2 bridgehead atoms. The summed E-state index contributed by atoms with van der Waals surface area (Å²) in [6.45, 7) is 0.725. The lowest BCUT2D eigenvalue weighted by molar-refractivity contribution is 0.175. The molecule has 0 heterocycles. The Morgan fingerprint density at radius 2 is 1.04 bits per heavy atom. The number of aliphatic hydroxyl groups excluding tert-OH is 2. The first-order valence-corrected chi connectivity index (χ1v) is 12.2. The van der Waals surface area contributed by atoms with Gasteiger partial charge < -0.3 is 10.2 Å². The van der Waals surface area contributed by atoms with Gasteiger partial charge in [0.2, 0.25) is 0 Å². The molecule has 2 rings (SSSR count). The lowest BCUT2D eigenvalue weighted by Gasteiger charge is -2.36. The number of aliphatic hydroxyl groups is 2. The van der Waals surface area contributed by atoms with E-state index in [4.69, 9.17) is 10.2 Å². The van der Waals surface area contributed by atoms with Crippen molar-refractivity contribution in [1.82, 2.24) is 0 Å². The maximum absolute atomic E-state index is 8.85. The molecule has 2 nitrogen and oxygen atoms in total. The second kappa shape index (κ2) is 13.8. The Morgan fingerprint density at radius 3 is 1.41 bits per heavy atom. The lowest BCUT2D eigenvalue weighted by Crippen LogP contribution is -2.26. The summed E-state index contributed by atoms with van der Waals surface area (Å²) in [7, 11) is 0. The summed E-state index contributed by atoms with van der Waals surface area (Å²) in [6, 6.07) is 0. The molecule has 1 saturated carbocycles. The molecular weight excluding hydrogens is 332 g/mol. The van der Waals surface area contributed by atoms with Gasteiger partial charge in [-0.25, -0.2) is 0 Å². The number of hydrogen-bond donors (Lipinski definition) is 2. The maximum atomic E-state index is 8.85. The third kappa shape index (κ3) is 8.28. The van der Waals surface area contributed by atoms with E-state index in [9.17, 15) is 0 Å². The molecule has 0 radical (unpaired) electrons. The Hall–Kier alpha value is -0.340. The summed E-state index contributed by atoms with van der Waals surface area (Å²) in [4.78, 5) is 0. The van der Waals surface area contributed by atoms with E-state index in [0.717, 1.165) is 24.7 Å². The van der Waals surface area contributed by atoms with Gasteiger partial charge in [0.15, 0.2) is 0 Å². The number of allylic oxidation sites excluding steroid dienone is 2. The van der Waals surface area contributed by atoms with Crippen LogP contribution in [0.2, 0.25) is 0 Å². The number of fused-ring (bicyclic) bond motifs is 2. The standard InChI is InChI=1S/C25H46O2/c26-19-13-9-5-1-3-7-11-17-25(22-23-15-16-24(25)21-23)18-12-8-4-2-6-10-14-20-27/h15-16,23-24,26-27H,1-14,17-22H2. The van der Waals surface area contributed by atoms with E-state index in [1.54, 1.807) is 0 Å². The van der Waals surface area contributed by atoms with Gasteiger partial charge in [-0.15, -0.1) is 0 Å². The van der Waals surface area contributed by atoms with E-state index >= 15 is 0 Å². The SMILES string of the molecule is OCCCCCCCCCC1(CCCCCCCCCO)CC2C=CC1C2. The molecule has 0 amide bonds. The van der Waals surface area contributed by atoms with Crippen LogP contribution in [0.5, 0.6) is 0 Å². The molecule has 0 aromatic heterocycles. The van der Waals surface area contributed by atoms with Crippen molar-refractivity contribution in [3.05, 3.63) is 12.2 Å². The van der Waals surface area contributed by atoms with Gasteiger partial charge in [0.25, 0.3) is 0 Å². The molecular formula is C25H46O2. The van der Waals surface area contributed by atoms with Crippen molar-refractivity contribution >= 4 is 0 Å². The van der Waals surface area contributed by atoms with Crippen molar-refractivity contribution in [2.45, 2.75) is 116 Å². The van der Waals surface area contributed by atoms with Gasteiger partial charge >= 0.3 is 0 Å². The van der Waals surface area contributed by atoms with Crippen LogP contribution in [0.15, 0.2) is 12.2 Å². The van der Waals surface area contributed by atoms with Crippen molar-refractivity contribution in [1.29, 1.82) is 0 Å². The molecule has 2 aliphatic carbocycles. The van der Waals surface area contributed by atoms with Gasteiger partial charge in [0.1, 0.15) is 0 Å². The van der Waals surface area contributed by atoms with E-state index in [2.05, 4.69) is 12.2 Å². The van der Waals surface area contributed by atoms with Crippen LogP contribution >= 0.6 is 0 Å². The predicted molar refractivity (Wildman–Crippen MR) is 116 cm³/mol. The van der Waals surface area contributed by atoms with Gasteiger partial charge in [-0.2, -0.15) is 0 Å². The molecule has 158 valence electrons. The van der Waals surface area contributed by atoms with Crippen LogP contribution in [0, 0.1) is 17.3 Å². The average Bonchev–Trinajstić information content (AvgIpc) is 3.28. The van der Waals surface area contributed by atoms with E-state index < -0.39 is 0 Å². The smallest absolute Gasteiger partial charge is 0.0431 e. The molecule has 0 aromatic carbocycles. The Bertz CT molecular complexity index is 370. The van der Waals surface area contributed by atoms with Crippen LogP contribution in [-0.4, -0.2) is 23.4 Å². The molecule has 0 aromatic rings. The molecule has 2 heteroatoms. The van der Waals surface area contributed by atoms with Crippen LogP contribution in [0.1, 0.15) is 116 Å². The minimum atomic E-state index is 0.362. The Labute approximate surface area is 168 Å². The van der Waals surface area contributed by atoms with Crippen molar-refractivity contribution in [2.75, 3.05) is 13.2 Å². The predicted octanol–water partition coefficient (Wildman–Crippen LogP) is 6.80. The van der Waals surface area contributed by atoms with Gasteiger partial charge in [0.05, 0.1) is 0 Å².